The van der Waals surface area contributed by atoms with Crippen LogP contribution in [0.4, 0.5) is 17.1 Å². The maximum atomic E-state index is 6.05. The molecule has 2 aliphatic carbocycles. The maximum Gasteiger partial charge on any atom is 0.141 e. The van der Waals surface area contributed by atoms with E-state index < -0.39 is 10.8 Å². The Kier molecular flexibility index (Phi) is 8.69. The Morgan fingerprint density at radius 1 is 0.318 bits per heavy atom. The molecule has 66 heavy (non-hydrogen) atoms. The molecular weight excluding hydrogens is 799 g/mol. The van der Waals surface area contributed by atoms with Gasteiger partial charge in [0.05, 0.1) is 22.8 Å². The van der Waals surface area contributed by atoms with Crippen LogP contribution in [0.2, 0.25) is 0 Å². The summed E-state index contributed by atoms with van der Waals surface area (Å²) in [5.74, 6) is 0. The first kappa shape index (κ1) is 38.0. The fraction of sp³-hybridized carbons (Fsp3) is 0.0312. The zero-order valence-corrected chi connectivity index (χ0v) is 36.2. The van der Waals surface area contributed by atoms with Crippen LogP contribution in [0.25, 0.3) is 44.3 Å². The average Bonchev–Trinajstić information content (AvgIpc) is 4.09. The number of benzene rings is 10. The zero-order chi connectivity index (χ0) is 43.7. The van der Waals surface area contributed by atoms with Gasteiger partial charge < -0.3 is 9.32 Å². The van der Waals surface area contributed by atoms with Crippen LogP contribution in [-0.2, 0) is 10.8 Å². The third-order valence-electron chi connectivity index (χ3n) is 14.3. The summed E-state index contributed by atoms with van der Waals surface area (Å²) in [6.07, 6.45) is 1.78. The van der Waals surface area contributed by atoms with Crippen LogP contribution in [0.5, 0.6) is 0 Å². The van der Waals surface area contributed by atoms with Crippen molar-refractivity contribution in [2.24, 2.45) is 0 Å². The second-order valence-corrected chi connectivity index (χ2v) is 17.5. The zero-order valence-electron chi connectivity index (χ0n) is 36.2. The van der Waals surface area contributed by atoms with Gasteiger partial charge in [0.2, 0.25) is 0 Å². The van der Waals surface area contributed by atoms with Crippen molar-refractivity contribution in [3.63, 3.8) is 0 Å². The molecule has 2 aliphatic rings. The van der Waals surface area contributed by atoms with E-state index in [-0.39, 0.29) is 0 Å². The van der Waals surface area contributed by atoms with Crippen molar-refractivity contribution in [2.75, 3.05) is 4.90 Å². The van der Waals surface area contributed by atoms with Crippen LogP contribution in [0.3, 0.4) is 0 Å². The van der Waals surface area contributed by atoms with Gasteiger partial charge in [0.15, 0.2) is 0 Å². The van der Waals surface area contributed by atoms with E-state index in [1.807, 2.05) is 6.07 Å². The first-order chi connectivity index (χ1) is 32.8. The number of anilines is 3. The lowest BCUT2D eigenvalue weighted by atomic mass is 9.67. The fourth-order valence-electron chi connectivity index (χ4n) is 11.7. The molecule has 0 fully saturated rings. The van der Waals surface area contributed by atoms with Gasteiger partial charge in [0, 0.05) is 27.9 Å². The number of nitrogens with zero attached hydrogens (tertiary/aromatic N) is 1. The van der Waals surface area contributed by atoms with E-state index in [0.29, 0.717) is 0 Å². The van der Waals surface area contributed by atoms with E-state index in [4.69, 9.17) is 4.42 Å². The lowest BCUT2D eigenvalue weighted by Crippen LogP contribution is -2.30. The highest BCUT2D eigenvalue weighted by molar-refractivity contribution is 5.97. The number of rotatable bonds is 8. The summed E-state index contributed by atoms with van der Waals surface area (Å²) in [6, 6.07) is 94.0. The Bertz CT molecular complexity index is 3490. The Hall–Kier alpha value is -8.46. The van der Waals surface area contributed by atoms with E-state index in [9.17, 15) is 0 Å². The molecule has 2 nitrogen and oxygen atoms in total. The van der Waals surface area contributed by atoms with Gasteiger partial charge in [-0.05, 0) is 103 Å². The first-order valence-corrected chi connectivity index (χ1v) is 22.8. The van der Waals surface area contributed by atoms with Gasteiger partial charge in [0.25, 0.3) is 0 Å². The molecule has 0 atom stereocenters. The maximum absolute atomic E-state index is 6.05. The molecule has 0 bridgehead atoms. The van der Waals surface area contributed by atoms with E-state index >= 15 is 0 Å². The van der Waals surface area contributed by atoms with Crippen LogP contribution in [-0.4, -0.2) is 0 Å². The number of hydrogen-bond acceptors (Lipinski definition) is 2. The number of hydrogen-bond donors (Lipinski definition) is 0. The molecule has 0 amide bonds. The summed E-state index contributed by atoms with van der Waals surface area (Å²) in [7, 11) is 0. The normalized spacial score (nSPS) is 13.7. The lowest BCUT2D eigenvalue weighted by Gasteiger charge is -2.38. The molecular formula is C64H43NO. The second kappa shape index (κ2) is 15.1. The summed E-state index contributed by atoms with van der Waals surface area (Å²) in [4.78, 5) is 2.51. The van der Waals surface area contributed by atoms with E-state index in [0.717, 1.165) is 39.2 Å². The highest BCUT2D eigenvalue weighted by atomic mass is 16.3. The first-order valence-electron chi connectivity index (χ1n) is 22.8. The van der Waals surface area contributed by atoms with Crippen LogP contribution in [0.1, 0.15) is 44.5 Å². The molecule has 0 spiro atoms. The van der Waals surface area contributed by atoms with Crippen molar-refractivity contribution in [1.29, 1.82) is 0 Å². The molecule has 0 aliphatic heterocycles. The third-order valence-corrected chi connectivity index (χ3v) is 14.3. The van der Waals surface area contributed by atoms with Gasteiger partial charge in [-0.3, -0.25) is 0 Å². The minimum atomic E-state index is -0.614. The minimum absolute atomic E-state index is 0.502. The third kappa shape index (κ3) is 5.42. The average molecular weight is 842 g/mol. The number of fused-ring (bicyclic) bond motifs is 7. The van der Waals surface area contributed by atoms with E-state index in [1.165, 1.54) is 66.8 Å². The second-order valence-electron chi connectivity index (χ2n) is 17.5. The summed E-state index contributed by atoms with van der Waals surface area (Å²) >= 11 is 0. The summed E-state index contributed by atoms with van der Waals surface area (Å²) in [6.45, 7) is 0. The molecule has 0 radical (unpaired) electrons. The summed E-state index contributed by atoms with van der Waals surface area (Å²) in [5, 5.41) is 1.09. The van der Waals surface area contributed by atoms with Crippen LogP contribution >= 0.6 is 0 Å². The molecule has 0 unspecified atom stereocenters. The van der Waals surface area contributed by atoms with Gasteiger partial charge in [-0.15, -0.1) is 0 Å². The highest BCUT2D eigenvalue weighted by Gasteiger charge is 2.49. The molecule has 10 aromatic carbocycles. The monoisotopic (exact) mass is 841 g/mol. The smallest absolute Gasteiger partial charge is 0.141 e. The van der Waals surface area contributed by atoms with Crippen molar-refractivity contribution in [3.8, 4) is 33.4 Å². The fourth-order valence-corrected chi connectivity index (χ4v) is 11.7. The van der Waals surface area contributed by atoms with Gasteiger partial charge in [-0.1, -0.05) is 218 Å². The van der Waals surface area contributed by atoms with Crippen molar-refractivity contribution in [3.05, 3.63) is 306 Å². The van der Waals surface area contributed by atoms with Gasteiger partial charge in [-0.2, -0.15) is 0 Å². The van der Waals surface area contributed by atoms with Crippen LogP contribution in [0.15, 0.2) is 265 Å². The van der Waals surface area contributed by atoms with Crippen molar-refractivity contribution in [2.45, 2.75) is 10.8 Å². The molecule has 1 aromatic heterocycles. The standard InChI is InChI=1S/C64H43NO/c1-5-20-46(21-6-1)63(47-22-7-2-8-23-47)57-32-15-14-29-54(57)56-43-51(39-40-59(56)63)65(50-37-35-44(36-38-50)52-30-17-19-45-41-42-66-62(45)52)60-34-18-31-55-53-28-13-16-33-58(53)64(61(55)60,48-24-9-3-10-25-48)49-26-11-4-12-27-49/h1-43H. The Labute approximate surface area is 385 Å². The van der Waals surface area contributed by atoms with Gasteiger partial charge in [-0.25, -0.2) is 0 Å². The van der Waals surface area contributed by atoms with Crippen molar-refractivity contribution < 1.29 is 4.42 Å². The predicted molar refractivity (Wildman–Crippen MR) is 271 cm³/mol. The van der Waals surface area contributed by atoms with Gasteiger partial charge in [0.1, 0.15) is 5.58 Å². The molecule has 0 N–H and O–H groups in total. The topological polar surface area (TPSA) is 16.4 Å². The van der Waals surface area contributed by atoms with Crippen LogP contribution < -0.4 is 4.90 Å². The van der Waals surface area contributed by atoms with E-state index in [2.05, 4.69) is 254 Å². The van der Waals surface area contributed by atoms with Crippen LogP contribution in [0, 0.1) is 0 Å². The highest BCUT2D eigenvalue weighted by Crippen LogP contribution is 2.61. The van der Waals surface area contributed by atoms with E-state index in [1.54, 1.807) is 6.26 Å². The quantitative estimate of drug-likeness (QED) is 0.152. The SMILES string of the molecule is c1ccc(C2(c3ccccc3)c3ccccc3-c3cc(N(c4ccc(-c5cccc6ccoc56)cc4)c4cccc5c4C(c4ccccc4)(c4ccccc4)c4ccccc4-5)ccc32)cc1. The van der Waals surface area contributed by atoms with Crippen molar-refractivity contribution >= 4 is 28.0 Å². The molecule has 1 heterocycles. The largest absolute Gasteiger partial charge is 0.464 e. The minimum Gasteiger partial charge on any atom is -0.464 e. The lowest BCUT2D eigenvalue weighted by molar-refractivity contribution is 0.617. The summed E-state index contributed by atoms with van der Waals surface area (Å²) < 4.78 is 6.05. The molecule has 310 valence electrons. The predicted octanol–water partition coefficient (Wildman–Crippen LogP) is 16.3. The molecule has 0 saturated heterocycles. The molecule has 11 aromatic rings. The van der Waals surface area contributed by atoms with Gasteiger partial charge >= 0.3 is 0 Å². The molecule has 0 saturated carbocycles. The number of furan rings is 1. The van der Waals surface area contributed by atoms with Crippen molar-refractivity contribution in [1.82, 2.24) is 0 Å². The Morgan fingerprint density at radius 3 is 1.41 bits per heavy atom. The number of para-hydroxylation sites is 1. The summed E-state index contributed by atoms with van der Waals surface area (Å²) in [5.41, 5.74) is 20.3. The Balaban J connectivity index is 1.10. The Morgan fingerprint density at radius 2 is 0.788 bits per heavy atom. The molecule has 13 rings (SSSR count). The molecule has 2 heteroatoms.